The SMILES string of the molecule is COCCNCCNC(=O)c1ccnc(N2CCCCC2)n1.Cl.Cl. The van der Waals surface area contributed by atoms with Crippen molar-refractivity contribution >= 4 is 36.7 Å². The third-order valence-corrected chi connectivity index (χ3v) is 3.58. The molecule has 0 unspecified atom stereocenters. The summed E-state index contributed by atoms with van der Waals surface area (Å²) in [6, 6.07) is 1.65. The Morgan fingerprint density at radius 3 is 2.67 bits per heavy atom. The summed E-state index contributed by atoms with van der Waals surface area (Å²) in [6.45, 7) is 4.64. The van der Waals surface area contributed by atoms with Crippen LogP contribution in [0.25, 0.3) is 0 Å². The van der Waals surface area contributed by atoms with E-state index in [1.165, 1.54) is 6.42 Å². The van der Waals surface area contributed by atoms with Crippen molar-refractivity contribution in [1.29, 1.82) is 0 Å². The Bertz CT molecular complexity index is 473. The van der Waals surface area contributed by atoms with Crippen molar-refractivity contribution in [3.05, 3.63) is 18.0 Å². The number of amides is 1. The second-order valence-corrected chi connectivity index (χ2v) is 5.29. The summed E-state index contributed by atoms with van der Waals surface area (Å²) >= 11 is 0. The summed E-state index contributed by atoms with van der Waals surface area (Å²) in [5, 5.41) is 6.03. The van der Waals surface area contributed by atoms with Crippen LogP contribution in [0.15, 0.2) is 12.3 Å². The molecule has 0 atom stereocenters. The van der Waals surface area contributed by atoms with Crippen molar-refractivity contribution in [3.8, 4) is 0 Å². The third kappa shape index (κ3) is 7.61. The first-order valence-corrected chi connectivity index (χ1v) is 7.87. The fourth-order valence-corrected chi connectivity index (χ4v) is 2.38. The second kappa shape index (κ2) is 13.2. The van der Waals surface area contributed by atoms with Crippen LogP contribution in [-0.4, -0.2) is 62.3 Å². The monoisotopic (exact) mass is 379 g/mol. The van der Waals surface area contributed by atoms with Crippen molar-refractivity contribution in [1.82, 2.24) is 20.6 Å². The number of hydrogen-bond donors (Lipinski definition) is 2. The van der Waals surface area contributed by atoms with Gasteiger partial charge in [-0.25, -0.2) is 9.97 Å². The molecule has 1 saturated heterocycles. The first-order valence-electron chi connectivity index (χ1n) is 7.87. The van der Waals surface area contributed by atoms with Gasteiger partial charge in [-0.1, -0.05) is 0 Å². The molecule has 7 nitrogen and oxygen atoms in total. The molecule has 0 spiro atoms. The van der Waals surface area contributed by atoms with E-state index in [0.29, 0.717) is 31.3 Å². The van der Waals surface area contributed by atoms with Crippen molar-refractivity contribution in [2.75, 3.05) is 51.3 Å². The van der Waals surface area contributed by atoms with E-state index in [2.05, 4.69) is 25.5 Å². The Morgan fingerprint density at radius 1 is 1.21 bits per heavy atom. The van der Waals surface area contributed by atoms with Crippen LogP contribution in [0.1, 0.15) is 29.8 Å². The molecule has 2 rings (SSSR count). The zero-order valence-electron chi connectivity index (χ0n) is 14.0. The lowest BCUT2D eigenvalue weighted by Crippen LogP contribution is -2.34. The maximum absolute atomic E-state index is 12.1. The van der Waals surface area contributed by atoms with Crippen LogP contribution in [0, 0.1) is 0 Å². The summed E-state index contributed by atoms with van der Waals surface area (Å²) in [7, 11) is 1.67. The standard InChI is InChI=1S/C15H25N5O2.2ClH/c1-22-12-9-16-7-8-17-14(21)13-5-6-18-15(19-13)20-10-3-2-4-11-20;;/h5-6,16H,2-4,7-12H2,1H3,(H,17,21);2*1H. The number of hydrogen-bond acceptors (Lipinski definition) is 6. The Balaban J connectivity index is 0.00000264. The highest BCUT2D eigenvalue weighted by Gasteiger charge is 2.15. The number of carbonyl (C=O) groups excluding carboxylic acids is 1. The first-order chi connectivity index (χ1) is 10.8. The van der Waals surface area contributed by atoms with E-state index in [1.807, 2.05) is 0 Å². The highest BCUT2D eigenvalue weighted by Crippen LogP contribution is 2.15. The van der Waals surface area contributed by atoms with Gasteiger partial charge in [-0.05, 0) is 25.3 Å². The summed E-state index contributed by atoms with van der Waals surface area (Å²) in [4.78, 5) is 22.9. The molecule has 0 radical (unpaired) electrons. The normalized spacial score (nSPS) is 13.6. The number of halogens is 2. The van der Waals surface area contributed by atoms with Crippen LogP contribution >= 0.6 is 24.8 Å². The predicted octanol–water partition coefficient (Wildman–Crippen LogP) is 1.28. The van der Waals surface area contributed by atoms with E-state index in [1.54, 1.807) is 19.4 Å². The van der Waals surface area contributed by atoms with E-state index in [0.717, 1.165) is 32.5 Å². The minimum atomic E-state index is -0.158. The van der Waals surface area contributed by atoms with Gasteiger partial charge in [0, 0.05) is 46.0 Å². The van der Waals surface area contributed by atoms with Crippen LogP contribution in [0.5, 0.6) is 0 Å². The third-order valence-electron chi connectivity index (χ3n) is 3.58. The van der Waals surface area contributed by atoms with Crippen LogP contribution in [0.2, 0.25) is 0 Å². The minimum Gasteiger partial charge on any atom is -0.383 e. The summed E-state index contributed by atoms with van der Waals surface area (Å²) < 4.78 is 4.94. The van der Waals surface area contributed by atoms with Gasteiger partial charge >= 0.3 is 0 Å². The number of piperidine rings is 1. The molecule has 9 heteroatoms. The molecule has 1 amide bonds. The largest absolute Gasteiger partial charge is 0.383 e. The molecular formula is C15H27Cl2N5O2. The van der Waals surface area contributed by atoms with Gasteiger partial charge in [-0.15, -0.1) is 24.8 Å². The average Bonchev–Trinajstić information content (AvgIpc) is 2.59. The first kappa shape index (κ1) is 22.9. The van der Waals surface area contributed by atoms with Gasteiger partial charge in [0.15, 0.2) is 0 Å². The van der Waals surface area contributed by atoms with E-state index < -0.39 is 0 Å². The lowest BCUT2D eigenvalue weighted by Gasteiger charge is -2.26. The van der Waals surface area contributed by atoms with E-state index in [4.69, 9.17) is 4.74 Å². The quantitative estimate of drug-likeness (QED) is 0.662. The summed E-state index contributed by atoms with van der Waals surface area (Å²) in [5.41, 5.74) is 0.424. The zero-order chi connectivity index (χ0) is 15.6. The number of nitrogens with one attached hydrogen (secondary N) is 2. The highest BCUT2D eigenvalue weighted by molar-refractivity contribution is 5.92. The molecule has 1 aromatic heterocycles. The average molecular weight is 380 g/mol. The maximum Gasteiger partial charge on any atom is 0.270 e. The molecule has 0 saturated carbocycles. The molecule has 0 aromatic carbocycles. The molecule has 1 aromatic rings. The Kier molecular flexibility index (Phi) is 12.5. The van der Waals surface area contributed by atoms with Crippen molar-refractivity contribution in [2.45, 2.75) is 19.3 Å². The van der Waals surface area contributed by atoms with Crippen molar-refractivity contribution in [3.63, 3.8) is 0 Å². The van der Waals surface area contributed by atoms with Crippen molar-refractivity contribution in [2.24, 2.45) is 0 Å². The second-order valence-electron chi connectivity index (χ2n) is 5.29. The number of rotatable bonds is 8. The molecule has 1 fully saturated rings. The topological polar surface area (TPSA) is 79.4 Å². The molecule has 138 valence electrons. The number of methoxy groups -OCH3 is 1. The molecule has 2 N–H and O–H groups in total. The fraction of sp³-hybridized carbons (Fsp3) is 0.667. The Labute approximate surface area is 155 Å². The Hall–Kier alpha value is -1.15. The number of carbonyl (C=O) groups is 1. The number of ether oxygens (including phenoxy) is 1. The maximum atomic E-state index is 12.1. The van der Waals surface area contributed by atoms with Gasteiger partial charge in [0.25, 0.3) is 5.91 Å². The molecular weight excluding hydrogens is 353 g/mol. The zero-order valence-corrected chi connectivity index (χ0v) is 15.6. The molecule has 1 aliphatic rings. The molecule has 0 aliphatic carbocycles. The predicted molar refractivity (Wildman–Crippen MR) is 99.7 cm³/mol. The number of anilines is 1. The van der Waals surface area contributed by atoms with Crippen LogP contribution < -0.4 is 15.5 Å². The van der Waals surface area contributed by atoms with Crippen LogP contribution in [0.4, 0.5) is 5.95 Å². The van der Waals surface area contributed by atoms with Gasteiger partial charge in [0.05, 0.1) is 6.61 Å². The number of aromatic nitrogens is 2. The van der Waals surface area contributed by atoms with Crippen LogP contribution in [0.3, 0.4) is 0 Å². The van der Waals surface area contributed by atoms with Gasteiger partial charge in [-0.2, -0.15) is 0 Å². The Morgan fingerprint density at radius 2 is 1.96 bits per heavy atom. The fourth-order valence-electron chi connectivity index (χ4n) is 2.38. The van der Waals surface area contributed by atoms with E-state index >= 15 is 0 Å². The number of nitrogens with zero attached hydrogens (tertiary/aromatic N) is 3. The van der Waals surface area contributed by atoms with Gasteiger partial charge < -0.3 is 20.3 Å². The molecule has 24 heavy (non-hydrogen) atoms. The summed E-state index contributed by atoms with van der Waals surface area (Å²) in [6.07, 6.45) is 5.23. The lowest BCUT2D eigenvalue weighted by molar-refractivity contribution is 0.0948. The molecule has 0 bridgehead atoms. The molecule has 2 heterocycles. The van der Waals surface area contributed by atoms with Crippen LogP contribution in [-0.2, 0) is 4.74 Å². The van der Waals surface area contributed by atoms with E-state index in [9.17, 15) is 4.79 Å². The lowest BCUT2D eigenvalue weighted by atomic mass is 10.1. The molecule has 1 aliphatic heterocycles. The van der Waals surface area contributed by atoms with Gasteiger partial charge in [0.2, 0.25) is 5.95 Å². The minimum absolute atomic E-state index is 0. The smallest absolute Gasteiger partial charge is 0.270 e. The van der Waals surface area contributed by atoms with E-state index in [-0.39, 0.29) is 30.7 Å². The van der Waals surface area contributed by atoms with Crippen molar-refractivity contribution < 1.29 is 9.53 Å². The summed E-state index contributed by atoms with van der Waals surface area (Å²) in [5.74, 6) is 0.500. The van der Waals surface area contributed by atoms with Gasteiger partial charge in [-0.3, -0.25) is 4.79 Å². The van der Waals surface area contributed by atoms with Gasteiger partial charge in [0.1, 0.15) is 5.69 Å². The highest BCUT2D eigenvalue weighted by atomic mass is 35.5.